The van der Waals surface area contributed by atoms with Crippen LogP contribution in [0.3, 0.4) is 0 Å². The molecule has 2 aromatic carbocycles. The number of ether oxygens (including phenoxy) is 2. The first-order valence-corrected chi connectivity index (χ1v) is 7.79. The first-order chi connectivity index (χ1) is 11.7. The summed E-state index contributed by atoms with van der Waals surface area (Å²) in [5, 5.41) is 10.4. The van der Waals surface area contributed by atoms with Gasteiger partial charge in [0.25, 0.3) is 0 Å². The van der Waals surface area contributed by atoms with Crippen LogP contribution < -0.4 is 14.8 Å². The van der Waals surface area contributed by atoms with E-state index >= 15 is 0 Å². The summed E-state index contributed by atoms with van der Waals surface area (Å²) in [5.41, 5.74) is 3.39. The van der Waals surface area contributed by atoms with Gasteiger partial charge in [0.15, 0.2) is 11.9 Å². The number of fused-ring (bicyclic) bond motifs is 3. The van der Waals surface area contributed by atoms with Crippen molar-refractivity contribution in [1.29, 1.82) is 0 Å². The van der Waals surface area contributed by atoms with E-state index in [1.54, 1.807) is 7.11 Å². The van der Waals surface area contributed by atoms with Crippen LogP contribution in [0.15, 0.2) is 48.5 Å². The molecular weight excluding hydrogens is 324 g/mol. The number of aromatic nitrogens is 3. The van der Waals surface area contributed by atoms with Gasteiger partial charge in [-0.2, -0.15) is 10.1 Å². The van der Waals surface area contributed by atoms with Crippen LogP contribution in [-0.2, 0) is 0 Å². The van der Waals surface area contributed by atoms with Crippen molar-refractivity contribution in [2.45, 2.75) is 6.23 Å². The molecule has 1 atom stereocenters. The van der Waals surface area contributed by atoms with Crippen LogP contribution in [0.1, 0.15) is 11.8 Å². The molecule has 7 heteroatoms. The summed E-state index contributed by atoms with van der Waals surface area (Å²) < 4.78 is 11.6. The Bertz CT molecular complexity index is 940. The van der Waals surface area contributed by atoms with Crippen molar-refractivity contribution in [2.24, 2.45) is 0 Å². The van der Waals surface area contributed by atoms with Gasteiger partial charge in [-0.25, -0.2) is 0 Å². The highest BCUT2D eigenvalue weighted by atomic mass is 32.1. The van der Waals surface area contributed by atoms with E-state index in [0.29, 0.717) is 11.6 Å². The number of H-pyrrole nitrogens is 1. The molecule has 1 aliphatic rings. The number of nitrogens with zero attached hydrogens (tertiary/aromatic N) is 2. The van der Waals surface area contributed by atoms with Crippen molar-refractivity contribution in [1.82, 2.24) is 15.2 Å². The van der Waals surface area contributed by atoms with E-state index in [2.05, 4.69) is 20.5 Å². The van der Waals surface area contributed by atoms with Gasteiger partial charge < -0.3 is 14.8 Å². The lowest BCUT2D eigenvalue weighted by molar-refractivity contribution is 0.227. The maximum absolute atomic E-state index is 6.07. The normalized spacial score (nSPS) is 15.3. The minimum absolute atomic E-state index is 0.279. The molecule has 0 aliphatic carbocycles. The monoisotopic (exact) mass is 338 g/mol. The molecule has 0 bridgehead atoms. The summed E-state index contributed by atoms with van der Waals surface area (Å²) in [6, 6.07) is 15.5. The first-order valence-electron chi connectivity index (χ1n) is 7.38. The number of anilines is 1. The fourth-order valence-electron chi connectivity index (χ4n) is 2.61. The number of benzene rings is 2. The maximum atomic E-state index is 6.07. The molecule has 0 fully saturated rings. The minimum Gasteiger partial charge on any atom is -0.497 e. The number of rotatable bonds is 2. The second-order valence-electron chi connectivity index (χ2n) is 5.26. The predicted octanol–water partition coefficient (Wildman–Crippen LogP) is 3.71. The highest BCUT2D eigenvalue weighted by molar-refractivity contribution is 7.71. The summed E-state index contributed by atoms with van der Waals surface area (Å²) in [6.45, 7) is 0. The molecule has 0 saturated carbocycles. The average molecular weight is 338 g/mol. The third-order valence-corrected chi connectivity index (χ3v) is 3.97. The molecule has 24 heavy (non-hydrogen) atoms. The molecule has 4 rings (SSSR count). The summed E-state index contributed by atoms with van der Waals surface area (Å²) in [6.07, 6.45) is -0.413. The van der Waals surface area contributed by atoms with Crippen molar-refractivity contribution >= 4 is 17.9 Å². The van der Waals surface area contributed by atoms with E-state index in [1.807, 2.05) is 48.5 Å². The molecule has 2 heterocycles. The second kappa shape index (κ2) is 5.93. The number of methoxy groups -OCH3 is 1. The van der Waals surface area contributed by atoms with Crippen LogP contribution >= 0.6 is 12.2 Å². The Kier molecular flexibility index (Phi) is 3.62. The van der Waals surface area contributed by atoms with Crippen LogP contribution in [0.5, 0.6) is 11.6 Å². The predicted molar refractivity (Wildman–Crippen MR) is 92.6 cm³/mol. The van der Waals surface area contributed by atoms with Crippen molar-refractivity contribution < 1.29 is 9.47 Å². The Morgan fingerprint density at radius 1 is 1.12 bits per heavy atom. The fraction of sp³-hybridized carbons (Fsp3) is 0.118. The van der Waals surface area contributed by atoms with Gasteiger partial charge in [-0.15, -0.1) is 0 Å². The van der Waals surface area contributed by atoms with Crippen molar-refractivity contribution in [3.63, 3.8) is 0 Å². The summed E-state index contributed by atoms with van der Waals surface area (Å²) in [7, 11) is 1.64. The topological polar surface area (TPSA) is 72.1 Å². The second-order valence-corrected chi connectivity index (χ2v) is 5.64. The van der Waals surface area contributed by atoms with Gasteiger partial charge in [-0.05, 0) is 42.5 Å². The molecule has 6 nitrogen and oxygen atoms in total. The molecule has 0 amide bonds. The van der Waals surface area contributed by atoms with E-state index in [1.165, 1.54) is 0 Å². The van der Waals surface area contributed by atoms with Crippen LogP contribution in [0.4, 0.5) is 5.69 Å². The summed E-state index contributed by atoms with van der Waals surface area (Å²) in [4.78, 5) is 4.29. The van der Waals surface area contributed by atoms with Gasteiger partial charge in [0.05, 0.1) is 7.11 Å². The largest absolute Gasteiger partial charge is 0.497 e. The summed E-state index contributed by atoms with van der Waals surface area (Å²) in [5.74, 6) is 1.19. The van der Waals surface area contributed by atoms with Gasteiger partial charge >= 0.3 is 0 Å². The lowest BCUT2D eigenvalue weighted by atomic mass is 10.1. The van der Waals surface area contributed by atoms with E-state index in [-0.39, 0.29) is 4.77 Å². The Labute approximate surface area is 143 Å². The molecule has 0 saturated heterocycles. The summed E-state index contributed by atoms with van der Waals surface area (Å²) >= 11 is 5.08. The number of hydrogen-bond donors (Lipinski definition) is 2. The quantitative estimate of drug-likeness (QED) is 0.694. The maximum Gasteiger partial charge on any atom is 0.247 e. The van der Waals surface area contributed by atoms with Crippen LogP contribution in [0, 0.1) is 4.77 Å². The van der Waals surface area contributed by atoms with Crippen LogP contribution in [0.2, 0.25) is 0 Å². The zero-order chi connectivity index (χ0) is 16.5. The minimum atomic E-state index is -0.413. The standard InChI is InChI=1S/C17H14N4O2S/c1-22-11-8-6-10(7-9-11)15-18-13-5-3-2-4-12(13)14-16(23-15)19-17(24)21-20-14/h2-9,15,18H,1H3,(H,19,21,24)/t15-/m1/s1. The molecule has 0 spiro atoms. The van der Waals surface area contributed by atoms with Crippen LogP contribution in [-0.4, -0.2) is 22.3 Å². The van der Waals surface area contributed by atoms with E-state index < -0.39 is 6.23 Å². The molecule has 1 aromatic heterocycles. The van der Waals surface area contributed by atoms with E-state index in [0.717, 1.165) is 22.6 Å². The molecule has 3 aromatic rings. The molecule has 0 radical (unpaired) electrons. The lowest BCUT2D eigenvalue weighted by Crippen LogP contribution is -2.17. The SMILES string of the molecule is COc1ccc([C@@H]2Nc3ccccc3-c3n[nH]c(=S)nc3O2)cc1. The number of nitrogens with one attached hydrogen (secondary N) is 2. The number of aromatic amines is 1. The van der Waals surface area contributed by atoms with Gasteiger partial charge in [0.2, 0.25) is 10.7 Å². The highest BCUT2D eigenvalue weighted by Crippen LogP contribution is 2.38. The zero-order valence-electron chi connectivity index (χ0n) is 12.8. The van der Waals surface area contributed by atoms with Gasteiger partial charge in [-0.3, -0.25) is 5.10 Å². The Morgan fingerprint density at radius 2 is 1.92 bits per heavy atom. The van der Waals surface area contributed by atoms with Gasteiger partial charge in [-0.1, -0.05) is 18.2 Å². The average Bonchev–Trinajstić information content (AvgIpc) is 2.78. The van der Waals surface area contributed by atoms with E-state index in [4.69, 9.17) is 21.7 Å². The third-order valence-electron chi connectivity index (χ3n) is 3.79. The van der Waals surface area contributed by atoms with Gasteiger partial charge in [0.1, 0.15) is 5.75 Å². The lowest BCUT2D eigenvalue weighted by Gasteiger charge is -2.19. The van der Waals surface area contributed by atoms with Crippen molar-refractivity contribution in [3.8, 4) is 22.9 Å². The Hall–Kier alpha value is -2.93. The van der Waals surface area contributed by atoms with Crippen molar-refractivity contribution in [3.05, 3.63) is 58.9 Å². The Morgan fingerprint density at radius 3 is 2.71 bits per heavy atom. The zero-order valence-corrected chi connectivity index (χ0v) is 13.6. The molecule has 0 unspecified atom stereocenters. The molecule has 1 aliphatic heterocycles. The van der Waals surface area contributed by atoms with Crippen LogP contribution in [0.25, 0.3) is 11.3 Å². The number of hydrogen-bond acceptors (Lipinski definition) is 6. The molecular formula is C17H14N4O2S. The third kappa shape index (κ3) is 2.59. The number of para-hydroxylation sites is 1. The molecule has 120 valence electrons. The van der Waals surface area contributed by atoms with E-state index in [9.17, 15) is 0 Å². The van der Waals surface area contributed by atoms with Crippen molar-refractivity contribution in [2.75, 3.05) is 12.4 Å². The molecule has 2 N–H and O–H groups in total. The first kappa shape index (κ1) is 14.6. The fourth-order valence-corrected chi connectivity index (χ4v) is 2.74. The van der Waals surface area contributed by atoms with Gasteiger partial charge in [0, 0.05) is 16.8 Å². The Balaban J connectivity index is 1.83. The highest BCUT2D eigenvalue weighted by Gasteiger charge is 2.25. The smallest absolute Gasteiger partial charge is 0.247 e.